The minimum absolute atomic E-state index is 0. The van der Waals surface area contributed by atoms with Gasteiger partial charge in [-0.2, -0.15) is 0 Å². The van der Waals surface area contributed by atoms with Gasteiger partial charge in [0.25, 0.3) is 0 Å². The van der Waals surface area contributed by atoms with E-state index in [1.807, 2.05) is 0 Å². The van der Waals surface area contributed by atoms with Crippen molar-refractivity contribution < 1.29 is 48.7 Å². The Labute approximate surface area is 49.0 Å². The summed E-state index contributed by atoms with van der Waals surface area (Å²) in [5.74, 6) is 0. The van der Waals surface area contributed by atoms with Crippen LogP contribution in [0.15, 0.2) is 0 Å². The summed E-state index contributed by atoms with van der Waals surface area (Å²) in [7, 11) is -2.85. The van der Waals surface area contributed by atoms with Gasteiger partial charge in [0.15, 0.2) is 0 Å². The molecule has 5 heavy (non-hydrogen) atoms. The summed E-state index contributed by atoms with van der Waals surface area (Å²) in [6, 6.07) is 0. The van der Waals surface area contributed by atoms with Crippen LogP contribution in [0.25, 0.3) is 0 Å². The summed E-state index contributed by atoms with van der Waals surface area (Å²) < 4.78 is 25.2. The number of halogens is 2. The predicted octanol–water partition coefficient (Wildman–Crippen LogP) is -7.10. The van der Waals surface area contributed by atoms with E-state index in [0.29, 0.717) is 0 Å². The molecule has 0 bridgehead atoms. The van der Waals surface area contributed by atoms with E-state index in [-0.39, 0.29) is 24.0 Å². The number of hydrogen-bond donors (Lipinski definition) is 0. The van der Waals surface area contributed by atoms with Crippen molar-refractivity contribution in [2.75, 3.05) is 0 Å². The van der Waals surface area contributed by atoms with E-state index in [4.69, 9.17) is 14.0 Å². The summed E-state index contributed by atoms with van der Waals surface area (Å²) in [5.41, 5.74) is 0. The smallest absolute Gasteiger partial charge is 0.235 e. The molecule has 0 heterocycles. The molecule has 0 aliphatic rings. The maximum atomic E-state index is 8.41. The van der Waals surface area contributed by atoms with Gasteiger partial charge in [0.05, 0.1) is 10.8 Å². The van der Waals surface area contributed by atoms with Crippen LogP contribution in [0.4, 0.5) is 0 Å². The molecule has 0 N–H and O–H groups in total. The molecule has 0 aromatic heterocycles. The Kier molecular flexibility index (Phi) is 9.13. The van der Waals surface area contributed by atoms with Crippen LogP contribution in [0, 0.1) is 10.8 Å². The molecule has 0 saturated heterocycles. The van der Waals surface area contributed by atoms with E-state index in [1.54, 1.807) is 0 Å². The van der Waals surface area contributed by atoms with Gasteiger partial charge in [0.2, 0.25) is 24.0 Å². The van der Waals surface area contributed by atoms with Crippen LogP contribution < -0.4 is 38.0 Å². The van der Waals surface area contributed by atoms with Gasteiger partial charge in [-0.25, -0.2) is 0 Å². The molecule has 0 rings (SSSR count). The van der Waals surface area contributed by atoms with E-state index >= 15 is 0 Å². The summed E-state index contributed by atoms with van der Waals surface area (Å²) in [4.78, 5) is 0. The fourth-order valence-electron chi connectivity index (χ4n) is 0. The highest BCUT2D eigenvalue weighted by atomic mass is 127. The lowest BCUT2D eigenvalue weighted by Crippen LogP contribution is -3.00. The molecule has 34 valence electrons. The highest BCUT2D eigenvalue weighted by Crippen LogP contribution is 1.24. The Morgan fingerprint density at radius 1 is 1.00 bits per heavy atom. The quantitative estimate of drug-likeness (QED) is 0.375. The van der Waals surface area contributed by atoms with Gasteiger partial charge in [0, 0.05) is 0 Å². The van der Waals surface area contributed by atoms with Crippen LogP contribution in [-0.4, -0.2) is 0 Å². The van der Waals surface area contributed by atoms with Crippen LogP contribution in [-0.2, 0) is 0 Å². The van der Waals surface area contributed by atoms with Gasteiger partial charge in [-0.05, 0) is 0 Å². The fourth-order valence-corrected chi connectivity index (χ4v) is 0. The normalized spacial score (nSPS) is 7.20. The van der Waals surface area contributed by atoms with Gasteiger partial charge in [0.1, 0.15) is 0 Å². The lowest BCUT2D eigenvalue weighted by molar-refractivity contribution is -1.73. The van der Waals surface area contributed by atoms with Gasteiger partial charge >= 0.3 is 0 Å². The first kappa shape index (κ1) is 9.31. The van der Waals surface area contributed by atoms with Gasteiger partial charge in [-0.3, -0.25) is 0 Å². The second-order valence-electron chi connectivity index (χ2n) is 0.189. The van der Waals surface area contributed by atoms with Crippen LogP contribution >= 0.6 is 0 Å². The Bertz CT molecular complexity index is 11.6. The monoisotopic (exact) mass is 212 g/mol. The SMILES string of the molecule is [IH2+].[O-][Cl+2]([O-])[O-]. The molecular formula is H2ClIO3. The Balaban J connectivity index is 0. The molecule has 0 unspecified atom stereocenters. The molecule has 0 amide bonds. The Hall–Kier alpha value is 0.900. The van der Waals surface area contributed by atoms with Gasteiger partial charge < -0.3 is 14.0 Å². The van der Waals surface area contributed by atoms with E-state index in [1.165, 1.54) is 0 Å². The molecule has 5 heteroatoms. The zero-order valence-electron chi connectivity index (χ0n) is 2.05. The third-order valence-corrected chi connectivity index (χ3v) is 0. The molecular weight excluding hydrogens is 210 g/mol. The predicted molar refractivity (Wildman–Crippen MR) is 2.79 cm³/mol. The highest BCUT2D eigenvalue weighted by Gasteiger charge is 1.60. The first-order valence-electron chi connectivity index (χ1n) is 0.463. The summed E-state index contributed by atoms with van der Waals surface area (Å²) in [6.07, 6.45) is 0. The van der Waals surface area contributed by atoms with Crippen LogP contribution in [0.1, 0.15) is 0 Å². The Morgan fingerprint density at radius 2 is 1.00 bits per heavy atom. The highest BCUT2D eigenvalue weighted by molar-refractivity contribution is 1.73. The standard InChI is InChI=1S/ClO3.H2I/c2-1(3)4;/h;1H2/q-1;+1. The minimum Gasteiger partial charge on any atom is -0.357 e. The van der Waals surface area contributed by atoms with E-state index in [2.05, 4.69) is 0 Å². The zero-order valence-corrected chi connectivity index (χ0v) is 5.36. The minimum atomic E-state index is -2.85. The second kappa shape index (κ2) is 4.90. The van der Waals surface area contributed by atoms with Crippen molar-refractivity contribution in [1.82, 2.24) is 0 Å². The van der Waals surface area contributed by atoms with E-state index in [9.17, 15) is 0 Å². The zero-order chi connectivity index (χ0) is 3.58. The van der Waals surface area contributed by atoms with Crippen molar-refractivity contribution >= 4 is 0 Å². The molecule has 0 aliphatic heterocycles. The van der Waals surface area contributed by atoms with Crippen LogP contribution in [0.3, 0.4) is 0 Å². The average Bonchev–Trinajstić information content (AvgIpc) is 0.811. The summed E-state index contributed by atoms with van der Waals surface area (Å²) in [5, 5.41) is 0. The summed E-state index contributed by atoms with van der Waals surface area (Å²) in [6.45, 7) is 0. The summed E-state index contributed by atoms with van der Waals surface area (Å²) >= 11 is 0. The molecule has 0 spiro atoms. The topological polar surface area (TPSA) is 69.2 Å². The van der Waals surface area contributed by atoms with Crippen molar-refractivity contribution in [3.63, 3.8) is 0 Å². The maximum absolute atomic E-state index is 8.41. The molecule has 0 radical (unpaired) electrons. The molecule has 3 nitrogen and oxygen atoms in total. The van der Waals surface area contributed by atoms with Crippen molar-refractivity contribution in [3.8, 4) is 0 Å². The lowest BCUT2D eigenvalue weighted by Gasteiger charge is -1.89. The molecule has 0 aliphatic carbocycles. The van der Waals surface area contributed by atoms with E-state index < -0.39 is 10.8 Å². The molecule has 0 aromatic rings. The van der Waals surface area contributed by atoms with Crippen molar-refractivity contribution in [1.29, 1.82) is 0 Å². The number of rotatable bonds is 0. The maximum Gasteiger partial charge on any atom is 0.235 e. The van der Waals surface area contributed by atoms with Crippen LogP contribution in [0.2, 0.25) is 0 Å². The second-order valence-corrected chi connectivity index (χ2v) is 0.567. The van der Waals surface area contributed by atoms with Crippen molar-refractivity contribution in [3.05, 3.63) is 0 Å². The molecule has 0 fully saturated rings. The third kappa shape index (κ3) is 50.9. The first-order chi connectivity index (χ1) is 1.73. The van der Waals surface area contributed by atoms with E-state index in [0.717, 1.165) is 0 Å². The molecule has 0 aromatic carbocycles. The van der Waals surface area contributed by atoms with Gasteiger partial charge in [-0.15, -0.1) is 0 Å². The van der Waals surface area contributed by atoms with Crippen molar-refractivity contribution in [2.45, 2.75) is 0 Å². The Morgan fingerprint density at radius 3 is 1.00 bits per heavy atom. The first-order valence-corrected chi connectivity index (χ1v) is 1.39. The fraction of sp³-hybridized carbons (Fsp3) is 0. The lowest BCUT2D eigenvalue weighted by atomic mass is 15.8. The number of hydrogen-bond acceptors (Lipinski definition) is 3. The van der Waals surface area contributed by atoms with Gasteiger partial charge in [-0.1, -0.05) is 0 Å². The van der Waals surface area contributed by atoms with Crippen molar-refractivity contribution in [2.24, 2.45) is 0 Å². The van der Waals surface area contributed by atoms with Crippen LogP contribution in [0.5, 0.6) is 0 Å². The molecule has 0 saturated carbocycles. The largest absolute Gasteiger partial charge is 0.357 e. The third-order valence-electron chi connectivity index (χ3n) is 0. The average molecular weight is 212 g/mol. The molecule has 0 atom stereocenters.